The zero-order valence-corrected chi connectivity index (χ0v) is 16.2. The van der Waals surface area contributed by atoms with Crippen molar-refractivity contribution in [1.82, 2.24) is 14.7 Å². The minimum Gasteiger partial charge on any atom is -0.408 e. The van der Waals surface area contributed by atoms with Crippen LogP contribution in [-0.2, 0) is 6.42 Å². The molecule has 1 aromatic carbocycles. The average Bonchev–Trinajstić information content (AvgIpc) is 3.48. The second kappa shape index (κ2) is 6.55. The molecule has 2 N–H and O–H groups in total. The number of fused-ring (bicyclic) bond motifs is 3. The molecule has 28 heavy (non-hydrogen) atoms. The number of imidazole rings is 1. The molecule has 5 rings (SSSR count). The fraction of sp³-hybridized carbons (Fsp3) is 0.364. The highest BCUT2D eigenvalue weighted by Crippen LogP contribution is 2.40. The van der Waals surface area contributed by atoms with Gasteiger partial charge in [0.1, 0.15) is 0 Å². The molecule has 3 heterocycles. The van der Waals surface area contributed by atoms with Crippen molar-refractivity contribution in [1.29, 1.82) is 0 Å². The molecule has 0 unspecified atom stereocenters. The van der Waals surface area contributed by atoms with E-state index in [0.717, 1.165) is 54.0 Å². The van der Waals surface area contributed by atoms with E-state index in [1.165, 1.54) is 5.56 Å². The van der Waals surface area contributed by atoms with Gasteiger partial charge in [0.25, 0.3) is 0 Å². The van der Waals surface area contributed by atoms with Gasteiger partial charge in [0, 0.05) is 17.3 Å². The summed E-state index contributed by atoms with van der Waals surface area (Å²) in [6.07, 6.45) is 5.37. The largest absolute Gasteiger partial charge is 0.412 e. The van der Waals surface area contributed by atoms with E-state index >= 15 is 0 Å². The molecule has 1 fully saturated rings. The molecule has 1 aliphatic carbocycles. The van der Waals surface area contributed by atoms with Crippen molar-refractivity contribution in [3.63, 3.8) is 0 Å². The van der Waals surface area contributed by atoms with Crippen LogP contribution in [0, 0.1) is 13.8 Å². The minimum absolute atomic E-state index is 0.213. The van der Waals surface area contributed by atoms with Gasteiger partial charge in [-0.2, -0.15) is 0 Å². The molecule has 1 saturated carbocycles. The third-order valence-electron chi connectivity index (χ3n) is 5.76. The standard InChI is InChI=1S/C22H24N4O2/c1-13-14(2)26-12-19(28-22(27)24-16-8-9-16)17-10-11-18(15-6-4-3-5-7-15)25-20(17)21(26)23-13/h3-7,12,16,18,25H,8-11H2,1-2H3,(H,24,27)/t18-/m0/s1. The van der Waals surface area contributed by atoms with Crippen LogP contribution in [0.3, 0.4) is 0 Å². The number of nitrogens with zero attached hydrogens (tertiary/aromatic N) is 2. The first kappa shape index (κ1) is 17.1. The van der Waals surface area contributed by atoms with Gasteiger partial charge in [-0.3, -0.25) is 4.40 Å². The Morgan fingerprint density at radius 3 is 2.75 bits per heavy atom. The molecule has 144 valence electrons. The number of amides is 1. The van der Waals surface area contributed by atoms with Crippen LogP contribution in [0.1, 0.15) is 47.8 Å². The number of carbonyl (C=O) groups is 1. The zero-order chi connectivity index (χ0) is 19.3. The van der Waals surface area contributed by atoms with Gasteiger partial charge in [-0.05, 0) is 45.1 Å². The van der Waals surface area contributed by atoms with Crippen molar-refractivity contribution in [2.45, 2.75) is 51.6 Å². The van der Waals surface area contributed by atoms with Crippen molar-refractivity contribution in [3.8, 4) is 5.75 Å². The number of hydrogen-bond donors (Lipinski definition) is 2. The van der Waals surface area contributed by atoms with Gasteiger partial charge in [-0.25, -0.2) is 9.78 Å². The van der Waals surface area contributed by atoms with Crippen LogP contribution in [0.4, 0.5) is 10.5 Å². The van der Waals surface area contributed by atoms with E-state index < -0.39 is 0 Å². The third kappa shape index (κ3) is 2.99. The Kier molecular flexibility index (Phi) is 4.00. The van der Waals surface area contributed by atoms with E-state index in [1.54, 1.807) is 0 Å². The number of hydrogen-bond acceptors (Lipinski definition) is 4. The number of ether oxygens (including phenoxy) is 1. The van der Waals surface area contributed by atoms with Gasteiger partial charge in [-0.15, -0.1) is 0 Å². The van der Waals surface area contributed by atoms with E-state index in [9.17, 15) is 4.79 Å². The first-order valence-corrected chi connectivity index (χ1v) is 9.91. The third-order valence-corrected chi connectivity index (χ3v) is 5.76. The van der Waals surface area contributed by atoms with E-state index in [2.05, 4.69) is 34.9 Å². The molecule has 1 aliphatic heterocycles. The van der Waals surface area contributed by atoms with Crippen LogP contribution in [-0.4, -0.2) is 21.5 Å². The van der Waals surface area contributed by atoms with Crippen molar-refractivity contribution in [3.05, 3.63) is 59.0 Å². The van der Waals surface area contributed by atoms with Crippen molar-refractivity contribution >= 4 is 17.4 Å². The smallest absolute Gasteiger partial charge is 0.408 e. The first-order valence-electron chi connectivity index (χ1n) is 9.91. The van der Waals surface area contributed by atoms with Crippen LogP contribution in [0.2, 0.25) is 0 Å². The summed E-state index contributed by atoms with van der Waals surface area (Å²) in [5.41, 5.74) is 6.16. The number of carbonyl (C=O) groups excluding carboxylic acids is 1. The number of rotatable bonds is 3. The predicted octanol–water partition coefficient (Wildman–Crippen LogP) is 4.30. The highest BCUT2D eigenvalue weighted by molar-refractivity contribution is 5.79. The lowest BCUT2D eigenvalue weighted by Crippen LogP contribution is -2.29. The SMILES string of the molecule is Cc1nc2c3c(c(OC(=O)NC4CC4)cn2c1C)CC[C@@H](c1ccccc1)N3. The van der Waals surface area contributed by atoms with Gasteiger partial charge in [0.05, 0.1) is 23.6 Å². The molecule has 6 heteroatoms. The van der Waals surface area contributed by atoms with Crippen LogP contribution >= 0.6 is 0 Å². The summed E-state index contributed by atoms with van der Waals surface area (Å²) >= 11 is 0. The van der Waals surface area contributed by atoms with Crippen molar-refractivity contribution in [2.75, 3.05) is 5.32 Å². The molecule has 6 nitrogen and oxygen atoms in total. The maximum Gasteiger partial charge on any atom is 0.412 e. The topological polar surface area (TPSA) is 67.7 Å². The van der Waals surface area contributed by atoms with Crippen LogP contribution in [0.15, 0.2) is 36.5 Å². The van der Waals surface area contributed by atoms with Gasteiger partial charge in [-0.1, -0.05) is 30.3 Å². The summed E-state index contributed by atoms with van der Waals surface area (Å²) in [6.45, 7) is 4.04. The summed E-state index contributed by atoms with van der Waals surface area (Å²) in [4.78, 5) is 17.1. The summed E-state index contributed by atoms with van der Waals surface area (Å²) in [5.74, 6) is 0.611. The molecule has 3 aromatic rings. The number of benzene rings is 1. The Labute approximate surface area is 163 Å². The van der Waals surface area contributed by atoms with Gasteiger partial charge >= 0.3 is 6.09 Å². The maximum absolute atomic E-state index is 12.3. The molecule has 0 radical (unpaired) electrons. The monoisotopic (exact) mass is 376 g/mol. The number of aromatic nitrogens is 2. The summed E-state index contributed by atoms with van der Waals surface area (Å²) in [5, 5.41) is 6.57. The predicted molar refractivity (Wildman–Crippen MR) is 108 cm³/mol. The maximum atomic E-state index is 12.3. The van der Waals surface area contributed by atoms with Crippen LogP contribution < -0.4 is 15.4 Å². The fourth-order valence-corrected chi connectivity index (χ4v) is 3.90. The molecule has 1 amide bonds. The summed E-state index contributed by atoms with van der Waals surface area (Å²) < 4.78 is 7.76. The average molecular weight is 376 g/mol. The molecular formula is C22H24N4O2. The van der Waals surface area contributed by atoms with Gasteiger partial charge < -0.3 is 15.4 Å². The second-order valence-electron chi connectivity index (χ2n) is 7.78. The van der Waals surface area contributed by atoms with Crippen molar-refractivity contribution in [2.24, 2.45) is 0 Å². The Hall–Kier alpha value is -3.02. The number of anilines is 1. The molecule has 0 bridgehead atoms. The quantitative estimate of drug-likeness (QED) is 0.715. The first-order chi connectivity index (χ1) is 13.6. The Morgan fingerprint density at radius 1 is 1.21 bits per heavy atom. The highest BCUT2D eigenvalue weighted by atomic mass is 16.6. The summed E-state index contributed by atoms with van der Waals surface area (Å²) in [6, 6.07) is 10.9. The molecule has 0 spiro atoms. The van der Waals surface area contributed by atoms with Gasteiger partial charge in [0.15, 0.2) is 11.4 Å². The van der Waals surface area contributed by atoms with E-state index in [4.69, 9.17) is 9.72 Å². The van der Waals surface area contributed by atoms with Crippen LogP contribution in [0.5, 0.6) is 5.75 Å². The van der Waals surface area contributed by atoms with E-state index in [-0.39, 0.29) is 18.2 Å². The Balaban J connectivity index is 1.56. The number of pyridine rings is 1. The fourth-order valence-electron chi connectivity index (χ4n) is 3.90. The minimum atomic E-state index is -0.372. The number of aryl methyl sites for hydroxylation is 2. The van der Waals surface area contributed by atoms with Crippen molar-refractivity contribution < 1.29 is 9.53 Å². The second-order valence-corrected chi connectivity index (χ2v) is 7.78. The van der Waals surface area contributed by atoms with E-state index in [1.807, 2.05) is 30.5 Å². The summed E-state index contributed by atoms with van der Waals surface area (Å²) in [7, 11) is 0. The molecule has 0 saturated heterocycles. The highest BCUT2D eigenvalue weighted by Gasteiger charge is 2.29. The Morgan fingerprint density at radius 2 is 2.00 bits per heavy atom. The molecule has 1 atom stereocenters. The lowest BCUT2D eigenvalue weighted by molar-refractivity contribution is 0.199. The lowest BCUT2D eigenvalue weighted by atomic mass is 9.93. The zero-order valence-electron chi connectivity index (χ0n) is 16.2. The van der Waals surface area contributed by atoms with E-state index in [0.29, 0.717) is 5.75 Å². The Bertz CT molecular complexity index is 1050. The molecule has 2 aromatic heterocycles. The molecule has 2 aliphatic rings. The van der Waals surface area contributed by atoms with Crippen LogP contribution in [0.25, 0.3) is 5.65 Å². The van der Waals surface area contributed by atoms with Gasteiger partial charge in [0.2, 0.25) is 0 Å². The molecular weight excluding hydrogens is 352 g/mol. The normalized spacial score (nSPS) is 18.4. The number of nitrogens with one attached hydrogen (secondary N) is 2. The lowest BCUT2D eigenvalue weighted by Gasteiger charge is -2.29.